The van der Waals surface area contributed by atoms with Crippen molar-refractivity contribution in [1.29, 1.82) is 0 Å². The maximum atomic E-state index is 6.76. The SMILES string of the molecule is Cc1cccc(N[C@@H]2c3ccccc3N[C@@H]([C@H]3COC(C)(C)O3)[C@@]23COC(C)(C)O3)c1. The number of hydrogen-bond donors (Lipinski definition) is 2. The van der Waals surface area contributed by atoms with Crippen LogP contribution in [0.1, 0.15) is 44.9 Å². The van der Waals surface area contributed by atoms with E-state index in [-0.39, 0.29) is 18.2 Å². The summed E-state index contributed by atoms with van der Waals surface area (Å²) in [6, 6.07) is 16.5. The van der Waals surface area contributed by atoms with Crippen molar-refractivity contribution in [1.82, 2.24) is 0 Å². The highest BCUT2D eigenvalue weighted by Gasteiger charge is 2.62. The highest BCUT2D eigenvalue weighted by molar-refractivity contribution is 5.62. The Morgan fingerprint density at radius 2 is 1.77 bits per heavy atom. The molecule has 5 rings (SSSR count). The van der Waals surface area contributed by atoms with Gasteiger partial charge in [0, 0.05) is 16.9 Å². The largest absolute Gasteiger partial charge is 0.376 e. The van der Waals surface area contributed by atoms with Crippen LogP contribution in [0.15, 0.2) is 48.5 Å². The molecule has 31 heavy (non-hydrogen) atoms. The summed E-state index contributed by atoms with van der Waals surface area (Å²) >= 11 is 0. The Morgan fingerprint density at radius 1 is 0.968 bits per heavy atom. The number of nitrogens with one attached hydrogen (secondary N) is 2. The van der Waals surface area contributed by atoms with Crippen molar-refractivity contribution in [2.75, 3.05) is 23.8 Å². The summed E-state index contributed by atoms with van der Waals surface area (Å²) in [5.41, 5.74) is 3.80. The standard InChI is InChI=1S/C25H32N2O4/c1-16-9-8-10-17(13-16)26-21-18-11-6-7-12-19(18)27-22(20-14-28-23(2,3)30-20)25(21)15-29-24(4,5)31-25/h6-13,20-22,26-27H,14-15H2,1-5H3/t20-,21-,22+,25-/m1/s1. The van der Waals surface area contributed by atoms with Gasteiger partial charge < -0.3 is 29.6 Å². The normalized spacial score (nSPS) is 33.1. The summed E-state index contributed by atoms with van der Waals surface area (Å²) < 4.78 is 25.2. The van der Waals surface area contributed by atoms with Gasteiger partial charge in [-0.3, -0.25) is 0 Å². The number of hydrogen-bond acceptors (Lipinski definition) is 6. The monoisotopic (exact) mass is 424 g/mol. The lowest BCUT2D eigenvalue weighted by Crippen LogP contribution is -2.63. The lowest BCUT2D eigenvalue weighted by molar-refractivity contribution is -0.183. The molecule has 2 aromatic carbocycles. The van der Waals surface area contributed by atoms with Crippen molar-refractivity contribution in [3.63, 3.8) is 0 Å². The van der Waals surface area contributed by atoms with Gasteiger partial charge in [0.25, 0.3) is 0 Å². The van der Waals surface area contributed by atoms with Crippen LogP contribution < -0.4 is 10.6 Å². The molecule has 3 heterocycles. The molecule has 6 nitrogen and oxygen atoms in total. The summed E-state index contributed by atoms with van der Waals surface area (Å²) in [4.78, 5) is 0. The topological polar surface area (TPSA) is 61.0 Å². The van der Waals surface area contributed by atoms with Crippen LogP contribution in [0.25, 0.3) is 0 Å². The highest BCUT2D eigenvalue weighted by atomic mass is 16.8. The van der Waals surface area contributed by atoms with Crippen LogP contribution in [0.4, 0.5) is 11.4 Å². The molecule has 0 radical (unpaired) electrons. The molecule has 3 aliphatic heterocycles. The Bertz CT molecular complexity index is 975. The molecule has 2 fully saturated rings. The van der Waals surface area contributed by atoms with Gasteiger partial charge in [-0.2, -0.15) is 0 Å². The molecule has 2 N–H and O–H groups in total. The van der Waals surface area contributed by atoms with Crippen molar-refractivity contribution in [3.05, 3.63) is 59.7 Å². The molecule has 6 heteroatoms. The van der Waals surface area contributed by atoms with E-state index < -0.39 is 17.2 Å². The highest BCUT2D eigenvalue weighted by Crippen LogP contribution is 2.51. The van der Waals surface area contributed by atoms with E-state index in [1.54, 1.807) is 0 Å². The molecule has 0 amide bonds. The third-order valence-electron chi connectivity index (χ3n) is 6.41. The molecule has 166 valence electrons. The first kappa shape index (κ1) is 20.8. The third-order valence-corrected chi connectivity index (χ3v) is 6.41. The van der Waals surface area contributed by atoms with Gasteiger partial charge >= 0.3 is 0 Å². The van der Waals surface area contributed by atoms with E-state index >= 15 is 0 Å². The molecule has 0 aromatic heterocycles. The van der Waals surface area contributed by atoms with Crippen LogP contribution in [0.3, 0.4) is 0 Å². The quantitative estimate of drug-likeness (QED) is 0.750. The zero-order valence-electron chi connectivity index (χ0n) is 18.9. The lowest BCUT2D eigenvalue weighted by Gasteiger charge is -2.49. The predicted molar refractivity (Wildman–Crippen MR) is 120 cm³/mol. The minimum absolute atomic E-state index is 0.133. The summed E-state index contributed by atoms with van der Waals surface area (Å²) in [5.74, 6) is -1.33. The molecule has 0 bridgehead atoms. The fourth-order valence-corrected chi connectivity index (χ4v) is 5.10. The average Bonchev–Trinajstić information content (AvgIpc) is 3.23. The van der Waals surface area contributed by atoms with Crippen molar-refractivity contribution in [2.24, 2.45) is 0 Å². The summed E-state index contributed by atoms with van der Waals surface area (Å²) in [7, 11) is 0. The number of para-hydroxylation sites is 1. The summed E-state index contributed by atoms with van der Waals surface area (Å²) in [5, 5.41) is 7.51. The van der Waals surface area contributed by atoms with Gasteiger partial charge in [-0.25, -0.2) is 0 Å². The molecular weight excluding hydrogens is 392 g/mol. The van der Waals surface area contributed by atoms with Gasteiger partial charge in [0.15, 0.2) is 11.6 Å². The van der Waals surface area contributed by atoms with E-state index in [1.807, 2.05) is 27.7 Å². The van der Waals surface area contributed by atoms with Gasteiger partial charge in [-0.15, -0.1) is 0 Å². The predicted octanol–water partition coefficient (Wildman–Crippen LogP) is 4.62. The minimum Gasteiger partial charge on any atom is -0.376 e. The molecule has 0 unspecified atom stereocenters. The van der Waals surface area contributed by atoms with Gasteiger partial charge in [0.05, 0.1) is 25.3 Å². The fourth-order valence-electron chi connectivity index (χ4n) is 5.10. The molecule has 0 aliphatic carbocycles. The fraction of sp³-hybridized carbons (Fsp3) is 0.520. The Hall–Kier alpha value is -2.12. The van der Waals surface area contributed by atoms with E-state index in [1.165, 1.54) is 5.56 Å². The number of aryl methyl sites for hydroxylation is 1. The maximum absolute atomic E-state index is 6.76. The molecule has 0 saturated carbocycles. The molecule has 2 aromatic rings. The number of ether oxygens (including phenoxy) is 4. The molecule has 3 aliphatic rings. The van der Waals surface area contributed by atoms with E-state index in [0.29, 0.717) is 13.2 Å². The number of rotatable bonds is 3. The van der Waals surface area contributed by atoms with Crippen molar-refractivity contribution in [2.45, 2.75) is 70.0 Å². The Labute approximate surface area is 184 Å². The van der Waals surface area contributed by atoms with Gasteiger partial charge in [-0.1, -0.05) is 30.3 Å². The molecule has 2 saturated heterocycles. The Balaban J connectivity index is 1.62. The Morgan fingerprint density at radius 3 is 2.45 bits per heavy atom. The second-order valence-electron chi connectivity index (χ2n) is 9.77. The second kappa shape index (κ2) is 7.20. The smallest absolute Gasteiger partial charge is 0.163 e. The van der Waals surface area contributed by atoms with Crippen LogP contribution >= 0.6 is 0 Å². The van der Waals surface area contributed by atoms with E-state index in [2.05, 4.69) is 66.1 Å². The Kier molecular flexibility index (Phi) is 4.83. The first-order chi connectivity index (χ1) is 14.7. The summed E-state index contributed by atoms with van der Waals surface area (Å²) in [6.07, 6.45) is -0.178. The average molecular weight is 425 g/mol. The van der Waals surface area contributed by atoms with Gasteiger partial charge in [0.2, 0.25) is 0 Å². The first-order valence-corrected chi connectivity index (χ1v) is 11.0. The van der Waals surface area contributed by atoms with Crippen LogP contribution in [0.2, 0.25) is 0 Å². The number of fused-ring (bicyclic) bond motifs is 1. The van der Waals surface area contributed by atoms with Crippen LogP contribution in [0, 0.1) is 6.92 Å². The van der Waals surface area contributed by atoms with Crippen LogP contribution in [0.5, 0.6) is 0 Å². The zero-order valence-corrected chi connectivity index (χ0v) is 18.9. The van der Waals surface area contributed by atoms with Gasteiger partial charge in [-0.05, 0) is 58.4 Å². The molecule has 1 spiro atoms. The number of benzene rings is 2. The van der Waals surface area contributed by atoms with Gasteiger partial charge in [0.1, 0.15) is 11.7 Å². The third kappa shape index (κ3) is 3.72. The first-order valence-electron chi connectivity index (χ1n) is 11.0. The van der Waals surface area contributed by atoms with Crippen molar-refractivity contribution in [3.8, 4) is 0 Å². The van der Waals surface area contributed by atoms with Crippen molar-refractivity contribution >= 4 is 11.4 Å². The molecular formula is C25H32N2O4. The lowest BCUT2D eigenvalue weighted by atomic mass is 9.76. The zero-order chi connectivity index (χ0) is 21.9. The molecule has 4 atom stereocenters. The second-order valence-corrected chi connectivity index (χ2v) is 9.77. The van der Waals surface area contributed by atoms with Crippen LogP contribution in [-0.2, 0) is 18.9 Å². The minimum atomic E-state index is -0.701. The van der Waals surface area contributed by atoms with E-state index in [4.69, 9.17) is 18.9 Å². The number of anilines is 2. The maximum Gasteiger partial charge on any atom is 0.163 e. The van der Waals surface area contributed by atoms with Crippen LogP contribution in [-0.4, -0.2) is 42.5 Å². The van der Waals surface area contributed by atoms with E-state index in [9.17, 15) is 0 Å². The van der Waals surface area contributed by atoms with E-state index in [0.717, 1.165) is 16.9 Å². The summed E-state index contributed by atoms with van der Waals surface area (Å²) in [6.45, 7) is 10.9. The van der Waals surface area contributed by atoms with Crippen molar-refractivity contribution < 1.29 is 18.9 Å².